The van der Waals surface area contributed by atoms with Crippen molar-refractivity contribution in [3.63, 3.8) is 0 Å². The van der Waals surface area contributed by atoms with Crippen molar-refractivity contribution in [3.8, 4) is 22.3 Å². The number of hydrogen-bond donors (Lipinski definition) is 0. The van der Waals surface area contributed by atoms with E-state index in [1.807, 2.05) is 0 Å². The first kappa shape index (κ1) is 15.7. The molecule has 0 heterocycles. The molecule has 0 heteroatoms. The van der Waals surface area contributed by atoms with Gasteiger partial charge in [-0.25, -0.2) is 0 Å². The lowest BCUT2D eigenvalue weighted by Crippen LogP contribution is -1.91. The van der Waals surface area contributed by atoms with Crippen LogP contribution in [-0.2, 0) is 0 Å². The molecule has 0 saturated heterocycles. The van der Waals surface area contributed by atoms with Crippen molar-refractivity contribution in [2.45, 2.75) is 19.8 Å². The number of hydrogen-bond acceptors (Lipinski definition) is 0. The number of fused-ring (bicyclic) bond motifs is 1. The number of benzene rings is 4. The maximum Gasteiger partial charge on any atom is -0.0103 e. The molecule has 0 aromatic heterocycles. The summed E-state index contributed by atoms with van der Waals surface area (Å²) >= 11 is 0. The summed E-state index contributed by atoms with van der Waals surface area (Å²) in [4.78, 5) is 0. The fraction of sp³-hybridized carbons (Fsp3) is 0.120. The summed E-state index contributed by atoms with van der Waals surface area (Å²) in [5, 5.41) is 2.70. The van der Waals surface area contributed by atoms with E-state index < -0.39 is 0 Å². The number of rotatable bonds is 3. The first-order valence-electron chi connectivity index (χ1n) is 8.91. The van der Waals surface area contributed by atoms with Crippen molar-refractivity contribution in [3.05, 3.63) is 96.6 Å². The summed E-state index contributed by atoms with van der Waals surface area (Å²) in [5.41, 5.74) is 6.51. The highest BCUT2D eigenvalue weighted by molar-refractivity contribution is 5.99. The van der Waals surface area contributed by atoms with E-state index in [4.69, 9.17) is 0 Å². The summed E-state index contributed by atoms with van der Waals surface area (Å²) in [5.74, 6) is 0.527. The van der Waals surface area contributed by atoms with E-state index in [1.54, 1.807) is 0 Å². The zero-order chi connectivity index (χ0) is 17.2. The van der Waals surface area contributed by atoms with E-state index in [0.29, 0.717) is 5.92 Å². The van der Waals surface area contributed by atoms with Gasteiger partial charge in [0.25, 0.3) is 0 Å². The second kappa shape index (κ2) is 6.57. The van der Waals surface area contributed by atoms with E-state index in [-0.39, 0.29) is 0 Å². The smallest absolute Gasteiger partial charge is 0.0103 e. The predicted octanol–water partition coefficient (Wildman–Crippen LogP) is 7.30. The lowest BCUT2D eigenvalue weighted by atomic mass is 9.90. The largest absolute Gasteiger partial charge is 0.0622 e. The molecule has 0 bridgehead atoms. The van der Waals surface area contributed by atoms with Gasteiger partial charge in [-0.05, 0) is 44.5 Å². The van der Waals surface area contributed by atoms with Crippen LogP contribution in [-0.4, -0.2) is 0 Å². The molecule has 0 fully saturated rings. The molecule has 4 aromatic carbocycles. The molecule has 0 unspecified atom stereocenters. The van der Waals surface area contributed by atoms with E-state index in [2.05, 4.69) is 105 Å². The SMILES string of the molecule is CC(C)c1ccc(-c2ccc(-c3ccccc3)cc2)c2ccccc12. The van der Waals surface area contributed by atoms with E-state index >= 15 is 0 Å². The average molecular weight is 322 g/mol. The maximum absolute atomic E-state index is 2.29. The standard InChI is InChI=1S/C25H22/c1-18(2)22-16-17-23(25-11-7-6-10-24(22)25)21-14-12-20(13-15-21)19-8-4-3-5-9-19/h3-18H,1-2H3. The van der Waals surface area contributed by atoms with Gasteiger partial charge in [0.15, 0.2) is 0 Å². The monoisotopic (exact) mass is 322 g/mol. The average Bonchev–Trinajstić information content (AvgIpc) is 2.68. The second-order valence-corrected chi connectivity index (χ2v) is 6.85. The Hall–Kier alpha value is -2.86. The van der Waals surface area contributed by atoms with Crippen LogP contribution >= 0.6 is 0 Å². The van der Waals surface area contributed by atoms with Gasteiger partial charge < -0.3 is 0 Å². The molecule has 0 spiro atoms. The van der Waals surface area contributed by atoms with Gasteiger partial charge in [0.1, 0.15) is 0 Å². The molecular weight excluding hydrogens is 300 g/mol. The third-order valence-electron chi connectivity index (χ3n) is 4.88. The van der Waals surface area contributed by atoms with Crippen molar-refractivity contribution in [2.75, 3.05) is 0 Å². The van der Waals surface area contributed by atoms with E-state index in [0.717, 1.165) is 0 Å². The fourth-order valence-corrected chi connectivity index (χ4v) is 3.55. The molecule has 0 saturated carbocycles. The Morgan fingerprint density at radius 3 is 1.72 bits per heavy atom. The van der Waals surface area contributed by atoms with Gasteiger partial charge in [0.2, 0.25) is 0 Å². The quantitative estimate of drug-likeness (QED) is 0.371. The summed E-state index contributed by atoms with van der Waals surface area (Å²) in [6.07, 6.45) is 0. The zero-order valence-corrected chi connectivity index (χ0v) is 14.7. The third-order valence-corrected chi connectivity index (χ3v) is 4.88. The molecule has 0 amide bonds. The van der Waals surface area contributed by atoms with Crippen molar-refractivity contribution >= 4 is 10.8 Å². The van der Waals surface area contributed by atoms with Crippen LogP contribution in [0.15, 0.2) is 91.0 Å². The molecule has 0 nitrogen and oxygen atoms in total. The Labute approximate surface area is 149 Å². The molecule has 4 rings (SSSR count). The van der Waals surface area contributed by atoms with Crippen LogP contribution in [0.4, 0.5) is 0 Å². The lowest BCUT2D eigenvalue weighted by molar-refractivity contribution is 0.876. The molecule has 0 radical (unpaired) electrons. The van der Waals surface area contributed by atoms with Gasteiger partial charge in [-0.3, -0.25) is 0 Å². The fourth-order valence-electron chi connectivity index (χ4n) is 3.55. The Kier molecular flexibility index (Phi) is 4.11. The van der Waals surface area contributed by atoms with Gasteiger partial charge in [-0.1, -0.05) is 105 Å². The molecule has 0 aliphatic rings. The minimum absolute atomic E-state index is 0.527. The van der Waals surface area contributed by atoms with Gasteiger partial charge in [0.05, 0.1) is 0 Å². The summed E-state index contributed by atoms with van der Waals surface area (Å²) < 4.78 is 0. The van der Waals surface area contributed by atoms with Crippen molar-refractivity contribution in [1.82, 2.24) is 0 Å². The lowest BCUT2D eigenvalue weighted by Gasteiger charge is -2.14. The van der Waals surface area contributed by atoms with Gasteiger partial charge in [0, 0.05) is 0 Å². The topological polar surface area (TPSA) is 0 Å². The van der Waals surface area contributed by atoms with Crippen LogP contribution in [0.5, 0.6) is 0 Å². The highest BCUT2D eigenvalue weighted by atomic mass is 14.1. The van der Waals surface area contributed by atoms with Crippen LogP contribution < -0.4 is 0 Å². The Morgan fingerprint density at radius 1 is 0.480 bits per heavy atom. The molecule has 4 aromatic rings. The Morgan fingerprint density at radius 2 is 1.04 bits per heavy atom. The minimum atomic E-state index is 0.527. The highest BCUT2D eigenvalue weighted by Crippen LogP contribution is 2.34. The molecule has 0 N–H and O–H groups in total. The molecule has 0 aliphatic heterocycles. The first-order valence-corrected chi connectivity index (χ1v) is 8.91. The summed E-state index contributed by atoms with van der Waals surface area (Å²) in [6.45, 7) is 4.52. The molecule has 25 heavy (non-hydrogen) atoms. The maximum atomic E-state index is 2.29. The zero-order valence-electron chi connectivity index (χ0n) is 14.7. The van der Waals surface area contributed by atoms with Crippen LogP contribution in [0.25, 0.3) is 33.0 Å². The summed E-state index contributed by atoms with van der Waals surface area (Å²) in [6, 6.07) is 32.7. The molecule has 122 valence electrons. The van der Waals surface area contributed by atoms with E-state index in [1.165, 1.54) is 38.6 Å². The predicted molar refractivity (Wildman–Crippen MR) is 109 cm³/mol. The first-order chi connectivity index (χ1) is 12.2. The minimum Gasteiger partial charge on any atom is -0.0622 e. The molecule has 0 atom stereocenters. The van der Waals surface area contributed by atoms with E-state index in [9.17, 15) is 0 Å². The van der Waals surface area contributed by atoms with Crippen molar-refractivity contribution < 1.29 is 0 Å². The van der Waals surface area contributed by atoms with Crippen LogP contribution in [0.1, 0.15) is 25.3 Å². The third kappa shape index (κ3) is 2.96. The Bertz CT molecular complexity index is 993. The van der Waals surface area contributed by atoms with Crippen molar-refractivity contribution in [1.29, 1.82) is 0 Å². The normalized spacial score (nSPS) is 11.2. The van der Waals surface area contributed by atoms with Gasteiger partial charge >= 0.3 is 0 Å². The van der Waals surface area contributed by atoms with Gasteiger partial charge in [-0.2, -0.15) is 0 Å². The highest BCUT2D eigenvalue weighted by Gasteiger charge is 2.10. The Balaban J connectivity index is 1.81. The molecule has 0 aliphatic carbocycles. The second-order valence-electron chi connectivity index (χ2n) is 6.85. The van der Waals surface area contributed by atoms with Crippen molar-refractivity contribution in [2.24, 2.45) is 0 Å². The summed E-state index contributed by atoms with van der Waals surface area (Å²) in [7, 11) is 0. The van der Waals surface area contributed by atoms with Crippen LogP contribution in [0, 0.1) is 0 Å². The van der Waals surface area contributed by atoms with Gasteiger partial charge in [-0.15, -0.1) is 0 Å². The van der Waals surface area contributed by atoms with Crippen LogP contribution in [0.3, 0.4) is 0 Å². The van der Waals surface area contributed by atoms with Crippen LogP contribution in [0.2, 0.25) is 0 Å². The molecular formula is C25H22.